The van der Waals surface area contributed by atoms with Crippen LogP contribution in [0, 0.1) is 18.2 Å². The van der Waals surface area contributed by atoms with Gasteiger partial charge in [0.15, 0.2) is 0 Å². The van der Waals surface area contributed by atoms with Crippen LogP contribution < -0.4 is 4.90 Å². The van der Waals surface area contributed by atoms with Crippen molar-refractivity contribution >= 4 is 11.6 Å². The lowest BCUT2D eigenvalue weighted by Crippen LogP contribution is -2.41. The molecule has 0 unspecified atom stereocenters. The van der Waals surface area contributed by atoms with E-state index in [-0.39, 0.29) is 11.7 Å². The predicted octanol–water partition coefficient (Wildman–Crippen LogP) is 3.04. The number of carbonyl (C=O) groups is 1. The number of hydrogen-bond donors (Lipinski definition) is 0. The minimum Gasteiger partial charge on any atom is -0.309 e. The van der Waals surface area contributed by atoms with Crippen LogP contribution in [0.2, 0.25) is 0 Å². The number of aryl methyl sites for hydroxylation is 1. The van der Waals surface area contributed by atoms with Crippen LogP contribution in [-0.2, 0) is 4.79 Å². The summed E-state index contributed by atoms with van der Waals surface area (Å²) in [5.74, 6) is -0.221. The van der Waals surface area contributed by atoms with E-state index >= 15 is 0 Å². The second-order valence-corrected chi connectivity index (χ2v) is 5.43. The molecule has 1 amide bonds. The van der Waals surface area contributed by atoms with Crippen LogP contribution in [0.4, 0.5) is 10.1 Å². The van der Waals surface area contributed by atoms with Gasteiger partial charge in [0.2, 0.25) is 5.91 Å². The van der Waals surface area contributed by atoms with Gasteiger partial charge < -0.3 is 4.90 Å². The van der Waals surface area contributed by atoms with E-state index in [1.54, 1.807) is 11.0 Å². The molecule has 0 N–H and O–H groups in total. The van der Waals surface area contributed by atoms with E-state index in [4.69, 9.17) is 0 Å². The Morgan fingerprint density at radius 3 is 2.71 bits per heavy atom. The van der Waals surface area contributed by atoms with E-state index in [0.29, 0.717) is 24.1 Å². The molecule has 1 spiro atoms. The smallest absolute Gasteiger partial charge is 0.227 e. The van der Waals surface area contributed by atoms with Crippen LogP contribution in [0.25, 0.3) is 0 Å². The fraction of sp³-hybridized carbons (Fsp3) is 0.500. The Hall–Kier alpha value is -1.38. The summed E-state index contributed by atoms with van der Waals surface area (Å²) in [6, 6.07) is 5.08. The van der Waals surface area contributed by atoms with E-state index in [1.807, 2.05) is 13.0 Å². The quantitative estimate of drug-likeness (QED) is 0.730. The molecule has 1 aliphatic carbocycles. The number of benzene rings is 1. The molecule has 0 atom stereocenters. The summed E-state index contributed by atoms with van der Waals surface area (Å²) in [6.45, 7) is 2.55. The van der Waals surface area contributed by atoms with E-state index in [9.17, 15) is 9.18 Å². The first-order valence-corrected chi connectivity index (χ1v) is 6.16. The maximum absolute atomic E-state index is 13.9. The van der Waals surface area contributed by atoms with Gasteiger partial charge in [-0.2, -0.15) is 0 Å². The average molecular weight is 233 g/mol. The summed E-state index contributed by atoms with van der Waals surface area (Å²) in [7, 11) is 0. The normalized spacial score (nSPS) is 22.0. The molecule has 90 valence electrons. The van der Waals surface area contributed by atoms with Crippen molar-refractivity contribution < 1.29 is 9.18 Å². The molecule has 1 aromatic carbocycles. The highest BCUT2D eigenvalue weighted by molar-refractivity contribution is 5.94. The maximum atomic E-state index is 13.9. The molecule has 2 fully saturated rings. The van der Waals surface area contributed by atoms with Gasteiger partial charge in [-0.05, 0) is 49.3 Å². The molecular weight excluding hydrogens is 217 g/mol. The summed E-state index contributed by atoms with van der Waals surface area (Å²) < 4.78 is 13.9. The molecule has 3 rings (SSSR count). The molecule has 1 heterocycles. The zero-order valence-electron chi connectivity index (χ0n) is 10.0. The summed E-state index contributed by atoms with van der Waals surface area (Å²) in [5, 5.41) is 0. The molecule has 1 aliphatic heterocycles. The minimum atomic E-state index is -0.281. The largest absolute Gasteiger partial charge is 0.309 e. The highest BCUT2D eigenvalue weighted by Crippen LogP contribution is 2.52. The molecular formula is C14H16FNO. The summed E-state index contributed by atoms with van der Waals surface area (Å²) in [5.41, 5.74) is 1.65. The number of nitrogens with zero attached hydrogens (tertiary/aromatic N) is 1. The van der Waals surface area contributed by atoms with Crippen molar-refractivity contribution in [3.8, 4) is 0 Å². The van der Waals surface area contributed by atoms with Gasteiger partial charge in [-0.1, -0.05) is 6.07 Å². The first-order chi connectivity index (χ1) is 8.10. The van der Waals surface area contributed by atoms with Crippen LogP contribution in [-0.4, -0.2) is 12.5 Å². The third-order valence-corrected chi connectivity index (χ3v) is 4.01. The number of carbonyl (C=O) groups excluding carboxylic acids is 1. The van der Waals surface area contributed by atoms with Crippen molar-refractivity contribution in [1.29, 1.82) is 0 Å². The zero-order valence-corrected chi connectivity index (χ0v) is 10.0. The first kappa shape index (κ1) is 10.8. The van der Waals surface area contributed by atoms with Crippen molar-refractivity contribution in [2.75, 3.05) is 11.4 Å². The molecule has 3 heteroatoms. The lowest BCUT2D eigenvalue weighted by Gasteiger charge is -2.33. The molecule has 0 aromatic heterocycles. The Morgan fingerprint density at radius 2 is 2.06 bits per heavy atom. The van der Waals surface area contributed by atoms with Crippen LogP contribution in [0.1, 0.15) is 31.2 Å². The molecule has 1 saturated carbocycles. The Bertz CT molecular complexity index is 479. The summed E-state index contributed by atoms with van der Waals surface area (Å²) in [4.78, 5) is 13.6. The summed E-state index contributed by atoms with van der Waals surface area (Å²) >= 11 is 0. The predicted molar refractivity (Wildman–Crippen MR) is 64.4 cm³/mol. The fourth-order valence-electron chi connectivity index (χ4n) is 2.64. The van der Waals surface area contributed by atoms with E-state index in [1.165, 1.54) is 18.9 Å². The minimum absolute atomic E-state index is 0.0604. The zero-order chi connectivity index (χ0) is 12.0. The van der Waals surface area contributed by atoms with Gasteiger partial charge in [-0.3, -0.25) is 4.79 Å². The van der Waals surface area contributed by atoms with E-state index in [0.717, 1.165) is 12.0 Å². The van der Waals surface area contributed by atoms with Crippen LogP contribution in [0.5, 0.6) is 0 Å². The van der Waals surface area contributed by atoms with Crippen LogP contribution >= 0.6 is 0 Å². The number of hydrogen-bond acceptors (Lipinski definition) is 1. The third kappa shape index (κ3) is 1.84. The Labute approximate surface area is 100 Å². The third-order valence-electron chi connectivity index (χ3n) is 4.01. The SMILES string of the molecule is Cc1ccc(N2CC3(CCC2=O)CC3)c(F)c1. The highest BCUT2D eigenvalue weighted by atomic mass is 19.1. The monoisotopic (exact) mass is 233 g/mol. The van der Waals surface area contributed by atoms with Crippen molar-refractivity contribution in [2.24, 2.45) is 5.41 Å². The standard InChI is InChI=1S/C14H16FNO/c1-10-2-3-12(11(15)8-10)16-9-14(6-7-14)5-4-13(16)17/h2-3,8H,4-7,9H2,1H3. The van der Waals surface area contributed by atoms with Gasteiger partial charge in [-0.15, -0.1) is 0 Å². The highest BCUT2D eigenvalue weighted by Gasteiger charge is 2.48. The lowest BCUT2D eigenvalue weighted by molar-refractivity contribution is -0.120. The van der Waals surface area contributed by atoms with Gasteiger partial charge in [0.25, 0.3) is 0 Å². The van der Waals surface area contributed by atoms with Crippen LogP contribution in [0.3, 0.4) is 0 Å². The fourth-order valence-corrected chi connectivity index (χ4v) is 2.64. The average Bonchev–Trinajstić information content (AvgIpc) is 3.03. The van der Waals surface area contributed by atoms with Gasteiger partial charge in [0, 0.05) is 13.0 Å². The number of halogens is 1. The number of rotatable bonds is 1. The summed E-state index contributed by atoms with van der Waals surface area (Å²) in [6.07, 6.45) is 3.91. The van der Waals surface area contributed by atoms with Crippen molar-refractivity contribution in [2.45, 2.75) is 32.6 Å². The number of amides is 1. The molecule has 1 aromatic rings. The molecule has 2 nitrogen and oxygen atoms in total. The number of anilines is 1. The molecule has 17 heavy (non-hydrogen) atoms. The van der Waals surface area contributed by atoms with E-state index in [2.05, 4.69) is 0 Å². The van der Waals surface area contributed by atoms with Crippen molar-refractivity contribution in [3.05, 3.63) is 29.6 Å². The van der Waals surface area contributed by atoms with Crippen molar-refractivity contribution in [3.63, 3.8) is 0 Å². The maximum Gasteiger partial charge on any atom is 0.227 e. The molecule has 2 aliphatic rings. The number of piperidine rings is 1. The molecule has 0 bridgehead atoms. The van der Waals surface area contributed by atoms with Crippen LogP contribution in [0.15, 0.2) is 18.2 Å². The Balaban J connectivity index is 1.93. The molecule has 0 radical (unpaired) electrons. The van der Waals surface area contributed by atoms with Gasteiger partial charge >= 0.3 is 0 Å². The molecule has 1 saturated heterocycles. The van der Waals surface area contributed by atoms with Gasteiger partial charge in [-0.25, -0.2) is 4.39 Å². The Kier molecular flexibility index (Phi) is 2.25. The second kappa shape index (κ2) is 3.56. The lowest BCUT2D eigenvalue weighted by atomic mass is 9.94. The van der Waals surface area contributed by atoms with Crippen molar-refractivity contribution in [1.82, 2.24) is 0 Å². The van der Waals surface area contributed by atoms with Gasteiger partial charge in [0.1, 0.15) is 5.82 Å². The topological polar surface area (TPSA) is 20.3 Å². The first-order valence-electron chi connectivity index (χ1n) is 6.16. The van der Waals surface area contributed by atoms with E-state index < -0.39 is 0 Å². The Morgan fingerprint density at radius 1 is 1.29 bits per heavy atom. The van der Waals surface area contributed by atoms with Gasteiger partial charge in [0.05, 0.1) is 5.69 Å². The second-order valence-electron chi connectivity index (χ2n) is 5.43.